The van der Waals surface area contributed by atoms with Crippen LogP contribution in [0.2, 0.25) is 0 Å². The maximum absolute atomic E-state index is 15.2. The van der Waals surface area contributed by atoms with Crippen molar-refractivity contribution < 1.29 is 40.9 Å². The van der Waals surface area contributed by atoms with Crippen LogP contribution in [0.25, 0.3) is 22.5 Å². The monoisotopic (exact) mass is 1120 g/mol. The molecule has 4 aliphatic rings. The lowest BCUT2D eigenvalue weighted by Gasteiger charge is -2.42. The predicted molar refractivity (Wildman–Crippen MR) is 298 cm³/mol. The van der Waals surface area contributed by atoms with Gasteiger partial charge in [-0.15, -0.1) is 0 Å². The van der Waals surface area contributed by atoms with Crippen molar-refractivity contribution in [2.75, 3.05) is 67.3 Å². The first kappa shape index (κ1) is 56.8. The van der Waals surface area contributed by atoms with Crippen molar-refractivity contribution in [1.82, 2.24) is 51.0 Å². The number of aryl methyl sites for hydroxylation is 2. The zero-order valence-electron chi connectivity index (χ0n) is 45.7. The molecule has 0 radical (unpaired) electrons. The Labute approximate surface area is 463 Å². The molecule has 4 aliphatic heterocycles. The van der Waals surface area contributed by atoms with Crippen molar-refractivity contribution >= 4 is 63.6 Å². The molecule has 4 N–H and O–H groups in total. The predicted octanol–water partition coefficient (Wildman–Crippen LogP) is 8.41. The Bertz CT molecular complexity index is 3380. The summed E-state index contributed by atoms with van der Waals surface area (Å²) in [4.78, 5) is 79.1. The molecule has 420 valence electrons. The van der Waals surface area contributed by atoms with Crippen LogP contribution in [0.5, 0.6) is 0 Å². The second-order valence-electron chi connectivity index (χ2n) is 20.8. The van der Waals surface area contributed by atoms with Crippen LogP contribution < -0.4 is 36.0 Å². The zero-order chi connectivity index (χ0) is 57.3. The fourth-order valence-corrected chi connectivity index (χ4v) is 10.6. The van der Waals surface area contributed by atoms with E-state index in [-0.39, 0.29) is 53.8 Å². The quantitative estimate of drug-likeness (QED) is 0.0714. The van der Waals surface area contributed by atoms with Gasteiger partial charge < -0.3 is 31.1 Å². The average Bonchev–Trinajstić information content (AvgIpc) is 3.49. The van der Waals surface area contributed by atoms with Crippen LogP contribution in [0.4, 0.5) is 56.1 Å². The molecule has 1 unspecified atom stereocenters. The summed E-state index contributed by atoms with van der Waals surface area (Å²) in [7, 11) is 0.468. The van der Waals surface area contributed by atoms with Crippen LogP contribution >= 0.6 is 0 Å². The minimum absolute atomic E-state index is 0.0332. The third-order valence-electron chi connectivity index (χ3n) is 14.3. The van der Waals surface area contributed by atoms with Crippen molar-refractivity contribution in [1.29, 1.82) is 0 Å². The molecule has 23 heteroatoms. The van der Waals surface area contributed by atoms with Crippen molar-refractivity contribution in [2.24, 2.45) is 0 Å². The smallest absolute Gasteiger partial charge is 0.328 e. The third-order valence-corrected chi connectivity index (χ3v) is 15.0. The second kappa shape index (κ2) is 23.8. The molecule has 2 aromatic heterocycles. The summed E-state index contributed by atoms with van der Waals surface area (Å²) in [5.74, 6) is -3.76. The Kier molecular flexibility index (Phi) is 16.9. The van der Waals surface area contributed by atoms with E-state index >= 15 is 8.78 Å². The lowest BCUT2D eigenvalue weighted by molar-refractivity contribution is 0.0934. The van der Waals surface area contributed by atoms with Gasteiger partial charge in [0.05, 0.1) is 35.3 Å². The van der Waals surface area contributed by atoms with Gasteiger partial charge in [0.15, 0.2) is 11.6 Å². The van der Waals surface area contributed by atoms with Crippen LogP contribution in [-0.2, 0) is 23.9 Å². The maximum atomic E-state index is 15.2. The number of hydrogen-bond donors (Lipinski definition) is 4. The van der Waals surface area contributed by atoms with Gasteiger partial charge in [-0.1, -0.05) is 24.3 Å². The summed E-state index contributed by atoms with van der Waals surface area (Å²) in [5.41, 5.74) is 4.26. The van der Waals surface area contributed by atoms with Gasteiger partial charge in [0, 0.05) is 97.0 Å². The standard InChI is InChI=1S/C33H40F2N8O2.C24H23F2N5O3S/c1-20(2)37-31(44)22-9-8-21(3)24(18-22)28-25-19-36-33(45)43(29-26(34)6-5-7-27(29)35)30(25)39-32(38-28)42-12-10-23(11-13-42)41-16-14-40(4)15-17-41;1-12(2)28-22(32)14-9-8-13(3)15(10-14)19-16-11-27-24(33)31(20-17(25)6-5-7-18(20)26)21(16)30-23(29-19)35(4)34/h5-9,18,20,23H,10-17,19H2,1-4H3,(H,36,45)(H,37,44);5-10,12H,11H2,1-4H3,(H,27,33)(H,28,32). The number of piperazine rings is 1. The molecule has 0 aliphatic carbocycles. The number of piperidine rings is 1. The number of hydrogen-bond acceptors (Lipinski definition) is 12. The maximum Gasteiger partial charge on any atom is 0.328 e. The highest BCUT2D eigenvalue weighted by Gasteiger charge is 2.38. The van der Waals surface area contributed by atoms with E-state index in [9.17, 15) is 32.2 Å². The highest BCUT2D eigenvalue weighted by Crippen LogP contribution is 2.42. The van der Waals surface area contributed by atoms with Crippen molar-refractivity contribution in [3.8, 4) is 22.5 Å². The normalized spacial score (nSPS) is 16.4. The SMILES string of the molecule is Cc1ccc(C(=O)NC(C)C)cc1-c1nc(N2CCC(N3CCN(C)CC3)CC2)nc2c1CNC(=O)N2c1c(F)cccc1F.Cc1ccc(C(=O)NC(C)C)cc1-c1nc(S(C)=O)nc2c1CNC(=O)N2c1c(F)cccc1F. The van der Waals surface area contributed by atoms with Crippen molar-refractivity contribution in [2.45, 2.75) is 90.8 Å². The fraction of sp³-hybridized carbons (Fsp3) is 0.368. The second-order valence-corrected chi connectivity index (χ2v) is 22.1. The Hall–Kier alpha value is -7.89. The van der Waals surface area contributed by atoms with Crippen LogP contribution in [0.3, 0.4) is 0 Å². The molecular formula is C57H63F4N13O5S. The van der Waals surface area contributed by atoms with E-state index in [1.165, 1.54) is 18.4 Å². The number of carbonyl (C=O) groups excluding carboxylic acids is 4. The molecule has 1 atom stereocenters. The number of carbonyl (C=O) groups is 4. The summed E-state index contributed by atoms with van der Waals surface area (Å²) in [6.07, 6.45) is 3.22. The van der Waals surface area contributed by atoms with Crippen molar-refractivity contribution in [3.63, 3.8) is 0 Å². The number of fused-ring (bicyclic) bond motifs is 2. The highest BCUT2D eigenvalue weighted by atomic mass is 32.2. The number of halogens is 4. The Morgan fingerprint density at radius 1 is 0.625 bits per heavy atom. The number of para-hydroxylation sites is 2. The topological polar surface area (TPSA) is 201 Å². The molecule has 18 nitrogen and oxygen atoms in total. The fourth-order valence-electron chi connectivity index (χ4n) is 10.2. The largest absolute Gasteiger partial charge is 0.350 e. The van der Waals surface area contributed by atoms with Gasteiger partial charge in [0.25, 0.3) is 11.8 Å². The molecule has 2 fully saturated rings. The molecule has 6 amide bonds. The molecule has 4 aromatic carbocycles. The minimum Gasteiger partial charge on any atom is -0.350 e. The molecule has 80 heavy (non-hydrogen) atoms. The van der Waals surface area contributed by atoms with Gasteiger partial charge in [-0.2, -0.15) is 4.98 Å². The summed E-state index contributed by atoms with van der Waals surface area (Å²) in [5, 5.41) is 11.0. The third kappa shape index (κ3) is 11.8. The van der Waals surface area contributed by atoms with E-state index in [4.69, 9.17) is 9.97 Å². The van der Waals surface area contributed by atoms with Crippen LogP contribution in [-0.4, -0.2) is 129 Å². The van der Waals surface area contributed by atoms with Gasteiger partial charge >= 0.3 is 12.1 Å². The summed E-state index contributed by atoms with van der Waals surface area (Å²) < 4.78 is 72.1. The highest BCUT2D eigenvalue weighted by molar-refractivity contribution is 7.84. The summed E-state index contributed by atoms with van der Waals surface area (Å²) in [6.45, 7) is 16.8. The number of nitrogens with one attached hydrogen (secondary N) is 4. The Morgan fingerprint density at radius 3 is 1.50 bits per heavy atom. The lowest BCUT2D eigenvalue weighted by Crippen LogP contribution is -2.52. The number of urea groups is 2. The van der Waals surface area contributed by atoms with E-state index in [1.807, 2.05) is 47.6 Å². The van der Waals surface area contributed by atoms with Gasteiger partial charge in [-0.05, 0) is 121 Å². The molecule has 0 spiro atoms. The van der Waals surface area contributed by atoms with Gasteiger partial charge in [0.2, 0.25) is 11.1 Å². The van der Waals surface area contributed by atoms with E-state index in [2.05, 4.69) is 53.0 Å². The summed E-state index contributed by atoms with van der Waals surface area (Å²) >= 11 is 0. The number of likely N-dealkylation sites (N-methyl/N-ethyl adjacent to an activating group) is 1. The minimum atomic E-state index is -1.68. The number of anilines is 5. The van der Waals surface area contributed by atoms with Crippen LogP contribution in [0, 0.1) is 37.1 Å². The number of amides is 6. The van der Waals surface area contributed by atoms with E-state index in [0.717, 1.165) is 84.2 Å². The lowest BCUT2D eigenvalue weighted by atomic mass is 9.97. The van der Waals surface area contributed by atoms with Gasteiger partial charge in [-0.25, -0.2) is 51.9 Å². The molecule has 6 aromatic rings. The first-order chi connectivity index (χ1) is 38.2. The van der Waals surface area contributed by atoms with Gasteiger partial charge in [0.1, 0.15) is 34.6 Å². The number of aromatic nitrogens is 4. The molecule has 2 saturated heterocycles. The number of rotatable bonds is 11. The van der Waals surface area contributed by atoms with Crippen molar-refractivity contribution in [3.05, 3.63) is 129 Å². The molecule has 0 saturated carbocycles. The molecule has 0 bridgehead atoms. The first-order valence-corrected chi connectivity index (χ1v) is 27.9. The average molecular weight is 1120 g/mol. The Balaban J connectivity index is 0.000000200. The van der Waals surface area contributed by atoms with Crippen LogP contribution in [0.1, 0.15) is 83.5 Å². The van der Waals surface area contributed by atoms with E-state index < -0.39 is 57.5 Å². The molecule has 10 rings (SSSR count). The number of nitrogens with zero attached hydrogens (tertiary/aromatic N) is 9. The zero-order valence-corrected chi connectivity index (χ0v) is 46.5. The van der Waals surface area contributed by atoms with Crippen LogP contribution in [0.15, 0.2) is 78.0 Å². The van der Waals surface area contributed by atoms with E-state index in [0.29, 0.717) is 69.8 Å². The van der Waals surface area contributed by atoms with Gasteiger partial charge in [-0.3, -0.25) is 18.7 Å². The molecular weight excluding hydrogens is 1050 g/mol. The van der Waals surface area contributed by atoms with E-state index in [1.54, 1.807) is 30.3 Å². The molecule has 6 heterocycles. The number of benzene rings is 4. The summed E-state index contributed by atoms with van der Waals surface area (Å²) in [6, 6.07) is 16.1. The Morgan fingerprint density at radius 2 is 1.06 bits per heavy atom. The first-order valence-electron chi connectivity index (χ1n) is 26.4.